The van der Waals surface area contributed by atoms with E-state index < -0.39 is 0 Å². The molecule has 0 spiro atoms. The SMILES string of the molecule is COCCNC(C)c1nc(C)c(C(C)(C)C)s1. The molecule has 1 aromatic heterocycles. The van der Waals surface area contributed by atoms with Gasteiger partial charge >= 0.3 is 0 Å². The minimum Gasteiger partial charge on any atom is -0.383 e. The normalized spacial score (nSPS) is 14.0. The lowest BCUT2D eigenvalue weighted by atomic mass is 9.93. The second-order valence-electron chi connectivity index (χ2n) is 5.39. The molecule has 1 rings (SSSR count). The van der Waals surface area contributed by atoms with Gasteiger partial charge in [-0.2, -0.15) is 0 Å². The summed E-state index contributed by atoms with van der Waals surface area (Å²) in [4.78, 5) is 6.05. The zero-order valence-corrected chi connectivity index (χ0v) is 12.6. The molecule has 3 nitrogen and oxygen atoms in total. The van der Waals surface area contributed by atoms with Crippen LogP contribution < -0.4 is 5.32 Å². The van der Waals surface area contributed by atoms with Crippen LogP contribution in [0.3, 0.4) is 0 Å². The number of hydrogen-bond acceptors (Lipinski definition) is 4. The molecule has 0 bridgehead atoms. The molecule has 4 heteroatoms. The molecule has 98 valence electrons. The fourth-order valence-corrected chi connectivity index (χ4v) is 2.91. The van der Waals surface area contributed by atoms with E-state index in [1.54, 1.807) is 7.11 Å². The van der Waals surface area contributed by atoms with Gasteiger partial charge in [0.05, 0.1) is 18.3 Å². The van der Waals surface area contributed by atoms with Gasteiger partial charge in [0.1, 0.15) is 5.01 Å². The summed E-state index contributed by atoms with van der Waals surface area (Å²) in [6.45, 7) is 12.6. The van der Waals surface area contributed by atoms with Crippen molar-refractivity contribution in [3.8, 4) is 0 Å². The van der Waals surface area contributed by atoms with Crippen LogP contribution in [0.4, 0.5) is 0 Å². The Kier molecular flexibility index (Phi) is 5.10. The van der Waals surface area contributed by atoms with E-state index in [-0.39, 0.29) is 5.41 Å². The van der Waals surface area contributed by atoms with Gasteiger partial charge in [0, 0.05) is 18.5 Å². The number of rotatable bonds is 5. The van der Waals surface area contributed by atoms with Crippen LogP contribution in [0.5, 0.6) is 0 Å². The van der Waals surface area contributed by atoms with Gasteiger partial charge in [0.2, 0.25) is 0 Å². The molecule has 0 fully saturated rings. The first-order valence-corrected chi connectivity index (χ1v) is 6.88. The first-order chi connectivity index (χ1) is 7.86. The van der Waals surface area contributed by atoms with Gasteiger partial charge in [0.15, 0.2) is 0 Å². The van der Waals surface area contributed by atoms with Crippen LogP contribution in [0, 0.1) is 6.92 Å². The summed E-state index contributed by atoms with van der Waals surface area (Å²) in [6.07, 6.45) is 0. The topological polar surface area (TPSA) is 34.1 Å². The Balaban J connectivity index is 2.72. The first kappa shape index (κ1) is 14.6. The van der Waals surface area contributed by atoms with E-state index in [0.717, 1.165) is 18.8 Å². The smallest absolute Gasteiger partial charge is 0.110 e. The second kappa shape index (κ2) is 5.94. The molecule has 1 heterocycles. The molecule has 1 atom stereocenters. The summed E-state index contributed by atoms with van der Waals surface area (Å²) >= 11 is 1.82. The van der Waals surface area contributed by atoms with Gasteiger partial charge in [-0.3, -0.25) is 0 Å². The molecule has 0 saturated carbocycles. The Labute approximate surface area is 109 Å². The lowest BCUT2D eigenvalue weighted by Crippen LogP contribution is -2.22. The highest BCUT2D eigenvalue weighted by Gasteiger charge is 2.22. The standard InChI is InChI=1S/C13H24N2OS/c1-9-11(13(3,4)5)17-12(15-9)10(2)14-7-8-16-6/h10,14H,7-8H2,1-6H3. The summed E-state index contributed by atoms with van der Waals surface area (Å²) < 4.78 is 5.03. The Morgan fingerprint density at radius 1 is 1.41 bits per heavy atom. The van der Waals surface area contributed by atoms with Gasteiger partial charge in [0.25, 0.3) is 0 Å². The molecule has 0 radical (unpaired) electrons. The van der Waals surface area contributed by atoms with Gasteiger partial charge < -0.3 is 10.1 Å². The van der Waals surface area contributed by atoms with Crippen molar-refractivity contribution in [1.82, 2.24) is 10.3 Å². The molecule has 0 aliphatic rings. The average molecular weight is 256 g/mol. The molecule has 1 N–H and O–H groups in total. The van der Waals surface area contributed by atoms with E-state index in [1.165, 1.54) is 9.88 Å². The zero-order valence-electron chi connectivity index (χ0n) is 11.8. The third-order valence-corrected chi connectivity index (χ3v) is 4.39. The van der Waals surface area contributed by atoms with Crippen molar-refractivity contribution in [2.24, 2.45) is 0 Å². The average Bonchev–Trinajstić information content (AvgIpc) is 2.60. The number of nitrogens with one attached hydrogen (secondary N) is 1. The maximum Gasteiger partial charge on any atom is 0.110 e. The van der Waals surface area contributed by atoms with Gasteiger partial charge in [-0.15, -0.1) is 11.3 Å². The number of aryl methyl sites for hydroxylation is 1. The molecular weight excluding hydrogens is 232 g/mol. The van der Waals surface area contributed by atoms with Crippen molar-refractivity contribution >= 4 is 11.3 Å². The van der Waals surface area contributed by atoms with E-state index >= 15 is 0 Å². The van der Waals surface area contributed by atoms with Crippen LogP contribution in [-0.4, -0.2) is 25.2 Å². The fourth-order valence-electron chi connectivity index (χ4n) is 1.76. The molecule has 17 heavy (non-hydrogen) atoms. The van der Waals surface area contributed by atoms with Crippen molar-refractivity contribution in [2.75, 3.05) is 20.3 Å². The highest BCUT2D eigenvalue weighted by Crippen LogP contribution is 2.33. The predicted octanol–water partition coefficient (Wildman–Crippen LogP) is 3.05. The highest BCUT2D eigenvalue weighted by molar-refractivity contribution is 7.12. The maximum atomic E-state index is 5.03. The van der Waals surface area contributed by atoms with E-state index in [1.807, 2.05) is 11.3 Å². The molecular formula is C13H24N2OS. The largest absolute Gasteiger partial charge is 0.383 e. The van der Waals surface area contributed by atoms with Crippen LogP contribution in [-0.2, 0) is 10.2 Å². The second-order valence-corrected chi connectivity index (χ2v) is 6.42. The molecule has 1 aromatic rings. The summed E-state index contributed by atoms with van der Waals surface area (Å²) in [5.41, 5.74) is 1.35. The molecule has 0 amide bonds. The number of hydrogen-bond donors (Lipinski definition) is 1. The van der Waals surface area contributed by atoms with E-state index in [4.69, 9.17) is 4.74 Å². The number of thiazole rings is 1. The van der Waals surface area contributed by atoms with Crippen LogP contribution in [0.1, 0.15) is 49.3 Å². The minimum atomic E-state index is 0.187. The third kappa shape index (κ3) is 4.05. The Hall–Kier alpha value is -0.450. The Bertz CT molecular complexity index is 355. The predicted molar refractivity (Wildman–Crippen MR) is 73.8 cm³/mol. The van der Waals surface area contributed by atoms with E-state index in [2.05, 4.69) is 44.9 Å². The fraction of sp³-hybridized carbons (Fsp3) is 0.769. The highest BCUT2D eigenvalue weighted by atomic mass is 32.1. The molecule has 0 aliphatic carbocycles. The summed E-state index contributed by atoms with van der Waals surface area (Å²) in [6, 6.07) is 0.296. The maximum absolute atomic E-state index is 5.03. The monoisotopic (exact) mass is 256 g/mol. The van der Waals surface area contributed by atoms with E-state index in [0.29, 0.717) is 6.04 Å². The van der Waals surface area contributed by atoms with Crippen LogP contribution >= 0.6 is 11.3 Å². The molecule has 0 saturated heterocycles. The number of aromatic nitrogens is 1. The van der Waals surface area contributed by atoms with Gasteiger partial charge in [-0.05, 0) is 19.3 Å². The molecule has 1 unspecified atom stereocenters. The zero-order chi connectivity index (χ0) is 13.1. The number of methoxy groups -OCH3 is 1. The number of nitrogens with zero attached hydrogens (tertiary/aromatic N) is 1. The Morgan fingerprint density at radius 3 is 2.53 bits per heavy atom. The number of ether oxygens (including phenoxy) is 1. The molecule has 0 aromatic carbocycles. The van der Waals surface area contributed by atoms with Crippen molar-refractivity contribution in [3.05, 3.63) is 15.6 Å². The lowest BCUT2D eigenvalue weighted by molar-refractivity contribution is 0.196. The van der Waals surface area contributed by atoms with Crippen LogP contribution in [0.15, 0.2) is 0 Å². The van der Waals surface area contributed by atoms with Gasteiger partial charge in [-0.1, -0.05) is 20.8 Å². The van der Waals surface area contributed by atoms with E-state index in [9.17, 15) is 0 Å². The lowest BCUT2D eigenvalue weighted by Gasteiger charge is -2.16. The van der Waals surface area contributed by atoms with Crippen molar-refractivity contribution < 1.29 is 4.74 Å². The summed E-state index contributed by atoms with van der Waals surface area (Å²) in [7, 11) is 1.72. The van der Waals surface area contributed by atoms with Crippen molar-refractivity contribution in [3.63, 3.8) is 0 Å². The van der Waals surface area contributed by atoms with Gasteiger partial charge in [-0.25, -0.2) is 4.98 Å². The van der Waals surface area contributed by atoms with Crippen LogP contribution in [0.25, 0.3) is 0 Å². The van der Waals surface area contributed by atoms with Crippen molar-refractivity contribution in [2.45, 2.75) is 46.1 Å². The quantitative estimate of drug-likeness (QED) is 0.822. The summed E-state index contributed by atoms with van der Waals surface area (Å²) in [5, 5.41) is 4.58. The third-order valence-electron chi connectivity index (χ3n) is 2.62. The van der Waals surface area contributed by atoms with Crippen molar-refractivity contribution in [1.29, 1.82) is 0 Å². The summed E-state index contributed by atoms with van der Waals surface area (Å²) in [5.74, 6) is 0. The Morgan fingerprint density at radius 2 is 2.06 bits per heavy atom. The van der Waals surface area contributed by atoms with Crippen LogP contribution in [0.2, 0.25) is 0 Å². The first-order valence-electron chi connectivity index (χ1n) is 6.06. The minimum absolute atomic E-state index is 0.187. The molecule has 0 aliphatic heterocycles.